The molecule has 4 heterocycles. The first-order valence-corrected chi connectivity index (χ1v) is 14.6. The van der Waals surface area contributed by atoms with Crippen molar-refractivity contribution in [2.24, 2.45) is 0 Å². The molecule has 4 nitrogen and oxygen atoms in total. The van der Waals surface area contributed by atoms with E-state index < -0.39 is 0 Å². The van der Waals surface area contributed by atoms with Crippen molar-refractivity contribution in [2.75, 3.05) is 0 Å². The number of hydrogen-bond donors (Lipinski definition) is 0. The lowest BCUT2D eigenvalue weighted by molar-refractivity contribution is 1.10. The van der Waals surface area contributed by atoms with E-state index in [9.17, 15) is 0 Å². The summed E-state index contributed by atoms with van der Waals surface area (Å²) in [6.07, 6.45) is 3.73. The molecule has 0 spiro atoms. The van der Waals surface area contributed by atoms with Gasteiger partial charge in [-0.3, -0.25) is 9.13 Å². The second-order valence-electron chi connectivity index (χ2n) is 9.79. The maximum absolute atomic E-state index is 4.85. The predicted molar refractivity (Wildman–Crippen MR) is 172 cm³/mol. The van der Waals surface area contributed by atoms with E-state index in [1.54, 1.807) is 0 Å². The number of benzene rings is 4. The van der Waals surface area contributed by atoms with Gasteiger partial charge in [0.15, 0.2) is 0 Å². The van der Waals surface area contributed by atoms with Crippen LogP contribution in [0.25, 0.3) is 66.4 Å². The Morgan fingerprint density at radius 3 is 1.48 bits per heavy atom. The lowest BCUT2D eigenvalue weighted by Gasteiger charge is -2.16. The summed E-state index contributed by atoms with van der Waals surface area (Å²) < 4.78 is 6.57. The zero-order chi connectivity index (χ0) is 26.8. The number of nitrogens with zero attached hydrogens (tertiary/aromatic N) is 4. The van der Waals surface area contributed by atoms with Crippen LogP contribution in [0.1, 0.15) is 0 Å². The smallest absolute Gasteiger partial charge is 0.145 e. The molecule has 4 aromatic heterocycles. The normalized spacial score (nSPS) is 11.8. The van der Waals surface area contributed by atoms with Crippen LogP contribution in [0.15, 0.2) is 131 Å². The summed E-state index contributed by atoms with van der Waals surface area (Å²) in [5.74, 6) is 0. The zero-order valence-electron chi connectivity index (χ0n) is 21.1. The van der Waals surface area contributed by atoms with Gasteiger partial charge in [-0.2, -0.15) is 0 Å². The zero-order valence-corrected chi connectivity index (χ0v) is 24.3. The maximum Gasteiger partial charge on any atom is 0.145 e. The molecule has 40 heavy (non-hydrogen) atoms. The molecule has 0 N–H and O–H groups in total. The number of para-hydroxylation sites is 2. The van der Waals surface area contributed by atoms with Gasteiger partial charge in [0.25, 0.3) is 0 Å². The van der Waals surface area contributed by atoms with Gasteiger partial charge in [-0.25, -0.2) is 9.97 Å². The minimum absolute atomic E-state index is 0.929. The summed E-state index contributed by atoms with van der Waals surface area (Å²) >= 11 is 7.64. The molecule has 0 atom stereocenters. The molecule has 0 aliphatic rings. The summed E-state index contributed by atoms with van der Waals surface area (Å²) in [6.45, 7) is 0. The van der Waals surface area contributed by atoms with Crippen LogP contribution in [0.3, 0.4) is 0 Å². The third-order valence-electron chi connectivity index (χ3n) is 7.54. The molecular formula is C34H20Br2N4. The second kappa shape index (κ2) is 9.15. The fraction of sp³-hybridized carbons (Fsp3) is 0. The van der Waals surface area contributed by atoms with E-state index in [0.29, 0.717) is 0 Å². The maximum atomic E-state index is 4.85. The van der Waals surface area contributed by atoms with Crippen molar-refractivity contribution in [3.8, 4) is 22.5 Å². The summed E-state index contributed by atoms with van der Waals surface area (Å²) in [6, 6.07) is 38.2. The minimum atomic E-state index is 0.929. The molecule has 0 radical (unpaired) electrons. The van der Waals surface area contributed by atoms with E-state index in [-0.39, 0.29) is 0 Å². The largest absolute Gasteiger partial charge is 0.294 e. The number of pyridine rings is 2. The highest BCUT2D eigenvalue weighted by Crippen LogP contribution is 2.40. The average molecular weight is 644 g/mol. The Kier molecular flexibility index (Phi) is 5.40. The Balaban J connectivity index is 1.53. The first kappa shape index (κ1) is 23.6. The minimum Gasteiger partial charge on any atom is -0.294 e. The molecule has 4 aromatic carbocycles. The Morgan fingerprint density at radius 1 is 0.475 bits per heavy atom. The van der Waals surface area contributed by atoms with Gasteiger partial charge in [-0.1, -0.05) is 74.3 Å². The molecule has 0 bridgehead atoms. The standard InChI is InChI=1S/C34H20Br2N4/c35-28-12-5-13-29(36)32(28)21-18-22(39-30-14-3-1-8-24(30)26-10-6-16-37-33(26)39)20-23(19-21)40-31-15-4-2-9-25(31)27-11-7-17-38-34(27)40/h1-20H. The molecular weight excluding hydrogens is 624 g/mol. The van der Waals surface area contributed by atoms with Crippen molar-refractivity contribution in [3.63, 3.8) is 0 Å². The predicted octanol–water partition coefficient (Wildman–Crippen LogP) is 9.86. The van der Waals surface area contributed by atoms with Crippen LogP contribution in [0.2, 0.25) is 0 Å². The molecule has 8 rings (SSSR count). The van der Waals surface area contributed by atoms with Crippen molar-refractivity contribution < 1.29 is 0 Å². The van der Waals surface area contributed by atoms with Crippen LogP contribution in [-0.4, -0.2) is 19.1 Å². The van der Waals surface area contributed by atoms with Crippen LogP contribution in [0, 0.1) is 0 Å². The number of aromatic nitrogens is 4. The van der Waals surface area contributed by atoms with E-state index in [1.165, 1.54) is 10.8 Å². The summed E-state index contributed by atoms with van der Waals surface area (Å²) in [4.78, 5) is 9.70. The first-order chi connectivity index (χ1) is 19.7. The van der Waals surface area contributed by atoms with Crippen LogP contribution in [0.5, 0.6) is 0 Å². The highest BCUT2D eigenvalue weighted by molar-refractivity contribution is 9.11. The molecule has 190 valence electrons. The molecule has 0 fully saturated rings. The second-order valence-corrected chi connectivity index (χ2v) is 11.5. The van der Waals surface area contributed by atoms with E-state index in [0.717, 1.165) is 64.5 Å². The fourth-order valence-electron chi connectivity index (χ4n) is 5.89. The SMILES string of the molecule is Brc1cccc(Br)c1-c1cc(-n2c3ccccc3c3cccnc32)cc(-n2c3ccccc3c3cccnc32)c1. The van der Waals surface area contributed by atoms with E-state index in [1.807, 2.05) is 30.6 Å². The molecule has 0 saturated carbocycles. The molecule has 0 aliphatic heterocycles. The van der Waals surface area contributed by atoms with Gasteiger partial charge in [0.1, 0.15) is 11.3 Å². The summed E-state index contributed by atoms with van der Waals surface area (Å²) in [5.41, 5.74) is 8.32. The lowest BCUT2D eigenvalue weighted by Crippen LogP contribution is -2.01. The van der Waals surface area contributed by atoms with Crippen LogP contribution < -0.4 is 0 Å². The Labute approximate surface area is 246 Å². The quantitative estimate of drug-likeness (QED) is 0.192. The van der Waals surface area contributed by atoms with Crippen molar-refractivity contribution in [1.29, 1.82) is 0 Å². The van der Waals surface area contributed by atoms with E-state index in [4.69, 9.17) is 9.97 Å². The fourth-order valence-corrected chi connectivity index (χ4v) is 7.34. The number of rotatable bonds is 3. The van der Waals surface area contributed by atoms with Crippen LogP contribution >= 0.6 is 31.9 Å². The van der Waals surface area contributed by atoms with Crippen LogP contribution in [0.4, 0.5) is 0 Å². The van der Waals surface area contributed by atoms with Crippen molar-refractivity contribution >= 4 is 75.7 Å². The lowest BCUT2D eigenvalue weighted by atomic mass is 10.0. The van der Waals surface area contributed by atoms with Gasteiger partial charge in [0, 0.05) is 48.4 Å². The van der Waals surface area contributed by atoms with Crippen molar-refractivity contribution in [1.82, 2.24) is 19.1 Å². The number of halogens is 2. The highest BCUT2D eigenvalue weighted by Gasteiger charge is 2.19. The Bertz CT molecular complexity index is 2000. The highest BCUT2D eigenvalue weighted by atomic mass is 79.9. The van der Waals surface area contributed by atoms with Gasteiger partial charge in [-0.15, -0.1) is 0 Å². The van der Waals surface area contributed by atoms with Gasteiger partial charge in [-0.05, 0) is 72.3 Å². The molecule has 0 amide bonds. The van der Waals surface area contributed by atoms with Gasteiger partial charge >= 0.3 is 0 Å². The molecule has 0 aliphatic carbocycles. The molecule has 8 aromatic rings. The molecule has 6 heteroatoms. The van der Waals surface area contributed by atoms with Crippen molar-refractivity contribution in [3.05, 3.63) is 131 Å². The third kappa shape index (κ3) is 3.49. The third-order valence-corrected chi connectivity index (χ3v) is 8.86. The van der Waals surface area contributed by atoms with Gasteiger partial charge in [0.2, 0.25) is 0 Å². The van der Waals surface area contributed by atoms with Crippen LogP contribution in [-0.2, 0) is 0 Å². The average Bonchev–Trinajstić information content (AvgIpc) is 3.50. The first-order valence-electron chi connectivity index (χ1n) is 13.0. The Hall–Kier alpha value is -4.26. The van der Waals surface area contributed by atoms with Gasteiger partial charge in [0.05, 0.1) is 22.4 Å². The van der Waals surface area contributed by atoms with E-state index in [2.05, 4.69) is 132 Å². The molecule has 0 unspecified atom stereocenters. The van der Waals surface area contributed by atoms with Gasteiger partial charge < -0.3 is 0 Å². The topological polar surface area (TPSA) is 35.6 Å². The molecule has 0 saturated heterocycles. The summed E-state index contributed by atoms with van der Waals surface area (Å²) in [5, 5.41) is 4.62. The van der Waals surface area contributed by atoms with Crippen molar-refractivity contribution in [2.45, 2.75) is 0 Å². The number of hydrogen-bond acceptors (Lipinski definition) is 2. The van der Waals surface area contributed by atoms with E-state index >= 15 is 0 Å². The summed E-state index contributed by atoms with van der Waals surface area (Å²) in [7, 11) is 0. The number of fused-ring (bicyclic) bond motifs is 6. The monoisotopic (exact) mass is 642 g/mol. The Morgan fingerprint density at radius 2 is 0.950 bits per heavy atom.